The van der Waals surface area contributed by atoms with Gasteiger partial charge in [-0.3, -0.25) is 4.79 Å². The topological polar surface area (TPSA) is 20.3 Å². The Bertz CT molecular complexity index is 546. The first kappa shape index (κ1) is 18.5. The highest BCUT2D eigenvalue weighted by molar-refractivity contribution is 5.99. The van der Waals surface area contributed by atoms with Gasteiger partial charge in [0, 0.05) is 25.1 Å². The summed E-state index contributed by atoms with van der Waals surface area (Å²) in [6, 6.07) is 4.26. The first-order chi connectivity index (χ1) is 10.5. The number of Topliss-reactive ketones (excluding diaryl/α,β-unsaturated/α-hetero) is 1. The smallest absolute Gasteiger partial charge is 0.164 e. The normalized spacial score (nSPS) is 24.1. The number of halogens is 1. The second kappa shape index (κ2) is 7.81. The minimum absolute atomic E-state index is 0. The Hall–Kier alpha value is -0.860. The maximum Gasteiger partial charge on any atom is 0.164 e. The molecule has 0 N–H and O–H groups in total. The fourth-order valence-corrected chi connectivity index (χ4v) is 4.64. The molecule has 2 atom stereocenters. The first-order valence-electron chi connectivity index (χ1n) is 8.86. The SMILES string of the molecule is Cc1cc(C)c(C(=O)CCN2CCC3CCC(C3)C2)c(C)c1.Cl. The van der Waals surface area contributed by atoms with Crippen LogP contribution in [0.15, 0.2) is 12.1 Å². The van der Waals surface area contributed by atoms with Gasteiger partial charge in [-0.05, 0) is 69.5 Å². The van der Waals surface area contributed by atoms with Crippen molar-refractivity contribution < 1.29 is 4.79 Å². The molecule has 128 valence electrons. The van der Waals surface area contributed by atoms with Crippen LogP contribution in [0.1, 0.15) is 59.2 Å². The highest BCUT2D eigenvalue weighted by atomic mass is 35.5. The second-order valence-corrected chi connectivity index (χ2v) is 7.58. The minimum atomic E-state index is 0. The van der Waals surface area contributed by atoms with Crippen molar-refractivity contribution in [1.29, 1.82) is 0 Å². The zero-order chi connectivity index (χ0) is 15.7. The molecular formula is C20H30ClNO. The van der Waals surface area contributed by atoms with E-state index >= 15 is 0 Å². The summed E-state index contributed by atoms with van der Waals surface area (Å²) in [7, 11) is 0. The molecule has 1 saturated carbocycles. The zero-order valence-electron chi connectivity index (χ0n) is 14.7. The largest absolute Gasteiger partial charge is 0.303 e. The highest BCUT2D eigenvalue weighted by Gasteiger charge is 2.30. The van der Waals surface area contributed by atoms with Crippen LogP contribution in [0, 0.1) is 32.6 Å². The molecule has 0 radical (unpaired) electrons. The standard InChI is InChI=1S/C20H29NO.ClH/c1-14-10-15(2)20(16(3)11-14)19(22)7-9-21-8-6-17-4-5-18(12-17)13-21;/h10-11,17-18H,4-9,12-13H2,1-3H3;1H. The quantitative estimate of drug-likeness (QED) is 0.741. The number of benzene rings is 1. The lowest BCUT2D eigenvalue weighted by Gasteiger charge is -2.24. The van der Waals surface area contributed by atoms with Crippen LogP contribution in [0.3, 0.4) is 0 Å². The molecule has 2 bridgehead atoms. The molecule has 0 amide bonds. The van der Waals surface area contributed by atoms with Crippen molar-refractivity contribution in [2.24, 2.45) is 11.8 Å². The molecule has 2 unspecified atom stereocenters. The molecule has 1 heterocycles. The van der Waals surface area contributed by atoms with E-state index in [0.29, 0.717) is 12.2 Å². The number of carbonyl (C=O) groups is 1. The molecule has 3 rings (SSSR count). The summed E-state index contributed by atoms with van der Waals surface area (Å²) >= 11 is 0. The monoisotopic (exact) mass is 335 g/mol. The molecule has 1 aliphatic carbocycles. The van der Waals surface area contributed by atoms with E-state index in [1.165, 1.54) is 44.3 Å². The molecule has 0 aromatic heterocycles. The van der Waals surface area contributed by atoms with Crippen LogP contribution in [0.5, 0.6) is 0 Å². The molecule has 1 aromatic rings. The third kappa shape index (κ3) is 4.36. The van der Waals surface area contributed by atoms with E-state index in [1.807, 2.05) is 0 Å². The van der Waals surface area contributed by atoms with Crippen molar-refractivity contribution in [2.75, 3.05) is 19.6 Å². The van der Waals surface area contributed by atoms with Gasteiger partial charge in [0.25, 0.3) is 0 Å². The van der Waals surface area contributed by atoms with E-state index in [2.05, 4.69) is 37.8 Å². The van der Waals surface area contributed by atoms with Crippen molar-refractivity contribution in [3.05, 3.63) is 34.4 Å². The fourth-order valence-electron chi connectivity index (χ4n) is 4.64. The molecule has 1 aromatic carbocycles. The fraction of sp³-hybridized carbons (Fsp3) is 0.650. The van der Waals surface area contributed by atoms with E-state index in [4.69, 9.17) is 0 Å². The molecule has 1 aliphatic heterocycles. The van der Waals surface area contributed by atoms with Crippen LogP contribution >= 0.6 is 12.4 Å². The Morgan fingerprint density at radius 2 is 1.74 bits per heavy atom. The lowest BCUT2D eigenvalue weighted by molar-refractivity contribution is 0.0959. The van der Waals surface area contributed by atoms with E-state index < -0.39 is 0 Å². The molecule has 2 aliphatic rings. The molecule has 0 spiro atoms. The van der Waals surface area contributed by atoms with Gasteiger partial charge in [0.15, 0.2) is 5.78 Å². The Kier molecular flexibility index (Phi) is 6.27. The predicted octanol–water partition coefficient (Wildman–Crippen LogP) is 4.73. The average molecular weight is 336 g/mol. The van der Waals surface area contributed by atoms with Crippen molar-refractivity contribution >= 4 is 18.2 Å². The van der Waals surface area contributed by atoms with E-state index in [1.54, 1.807) is 0 Å². The molecular weight excluding hydrogens is 306 g/mol. The van der Waals surface area contributed by atoms with Crippen LogP contribution < -0.4 is 0 Å². The Balaban J connectivity index is 0.00000192. The lowest BCUT2D eigenvalue weighted by Crippen LogP contribution is -2.31. The number of hydrogen-bond donors (Lipinski definition) is 0. The number of nitrogens with zero attached hydrogens (tertiary/aromatic N) is 1. The van der Waals surface area contributed by atoms with Crippen LogP contribution in [0.25, 0.3) is 0 Å². The summed E-state index contributed by atoms with van der Waals surface area (Å²) in [5.74, 6) is 2.18. The number of likely N-dealkylation sites (tertiary alicyclic amines) is 1. The molecule has 2 nitrogen and oxygen atoms in total. The van der Waals surface area contributed by atoms with Gasteiger partial charge < -0.3 is 4.90 Å². The molecule has 23 heavy (non-hydrogen) atoms. The van der Waals surface area contributed by atoms with Gasteiger partial charge in [0.05, 0.1) is 0 Å². The molecule has 1 saturated heterocycles. The summed E-state index contributed by atoms with van der Waals surface area (Å²) in [5.41, 5.74) is 4.48. The third-order valence-electron chi connectivity index (χ3n) is 5.63. The van der Waals surface area contributed by atoms with Crippen LogP contribution in [-0.2, 0) is 0 Å². The first-order valence-corrected chi connectivity index (χ1v) is 8.86. The minimum Gasteiger partial charge on any atom is -0.303 e. The van der Waals surface area contributed by atoms with Gasteiger partial charge in [-0.2, -0.15) is 0 Å². The number of fused-ring (bicyclic) bond motifs is 2. The maximum absolute atomic E-state index is 12.7. The summed E-state index contributed by atoms with van der Waals surface area (Å²) in [6.07, 6.45) is 6.29. The summed E-state index contributed by atoms with van der Waals surface area (Å²) in [4.78, 5) is 15.2. The van der Waals surface area contributed by atoms with Gasteiger partial charge in [-0.15, -0.1) is 12.4 Å². The average Bonchev–Trinajstić information content (AvgIpc) is 2.76. The second-order valence-electron chi connectivity index (χ2n) is 7.58. The third-order valence-corrected chi connectivity index (χ3v) is 5.63. The Morgan fingerprint density at radius 1 is 1.09 bits per heavy atom. The zero-order valence-corrected chi connectivity index (χ0v) is 15.5. The van der Waals surface area contributed by atoms with Gasteiger partial charge in [-0.25, -0.2) is 0 Å². The predicted molar refractivity (Wildman–Crippen MR) is 98.7 cm³/mol. The summed E-state index contributed by atoms with van der Waals surface area (Å²) in [6.45, 7) is 9.58. The highest BCUT2D eigenvalue weighted by Crippen LogP contribution is 2.36. The number of carbonyl (C=O) groups excluding carboxylic acids is 1. The van der Waals surface area contributed by atoms with Gasteiger partial charge in [0.1, 0.15) is 0 Å². The Labute approximate surface area is 147 Å². The number of hydrogen-bond acceptors (Lipinski definition) is 2. The van der Waals surface area contributed by atoms with Gasteiger partial charge in [-0.1, -0.05) is 24.1 Å². The van der Waals surface area contributed by atoms with Crippen LogP contribution in [0.2, 0.25) is 0 Å². The van der Waals surface area contributed by atoms with Crippen molar-refractivity contribution in [3.63, 3.8) is 0 Å². The van der Waals surface area contributed by atoms with Crippen molar-refractivity contribution in [1.82, 2.24) is 4.90 Å². The lowest BCUT2D eigenvalue weighted by atomic mass is 9.95. The van der Waals surface area contributed by atoms with Crippen molar-refractivity contribution in [2.45, 2.75) is 52.9 Å². The van der Waals surface area contributed by atoms with E-state index in [9.17, 15) is 4.79 Å². The van der Waals surface area contributed by atoms with Crippen LogP contribution in [-0.4, -0.2) is 30.3 Å². The van der Waals surface area contributed by atoms with Crippen molar-refractivity contribution in [3.8, 4) is 0 Å². The maximum atomic E-state index is 12.7. The van der Waals surface area contributed by atoms with Crippen LogP contribution in [0.4, 0.5) is 0 Å². The van der Waals surface area contributed by atoms with Gasteiger partial charge in [0.2, 0.25) is 0 Å². The van der Waals surface area contributed by atoms with Gasteiger partial charge >= 0.3 is 0 Å². The number of rotatable bonds is 4. The van der Waals surface area contributed by atoms with E-state index in [0.717, 1.165) is 35.1 Å². The van der Waals surface area contributed by atoms with E-state index in [-0.39, 0.29) is 12.4 Å². The molecule has 3 heteroatoms. The summed E-state index contributed by atoms with van der Waals surface area (Å²) < 4.78 is 0. The molecule has 2 fully saturated rings. The number of aryl methyl sites for hydroxylation is 3. The number of ketones is 1. The Morgan fingerprint density at radius 3 is 2.43 bits per heavy atom. The summed E-state index contributed by atoms with van der Waals surface area (Å²) in [5, 5.41) is 0.